The Balaban J connectivity index is 1.97. The van der Waals surface area contributed by atoms with Gasteiger partial charge in [0.2, 0.25) is 0 Å². The van der Waals surface area contributed by atoms with Crippen LogP contribution >= 0.6 is 0 Å². The van der Waals surface area contributed by atoms with Crippen molar-refractivity contribution in [2.75, 3.05) is 13.1 Å². The average molecular weight is 249 g/mol. The van der Waals surface area contributed by atoms with Gasteiger partial charge in [-0.1, -0.05) is 20.8 Å². The van der Waals surface area contributed by atoms with Crippen molar-refractivity contribution in [3.05, 3.63) is 18.2 Å². The van der Waals surface area contributed by atoms with Crippen LogP contribution in [0.3, 0.4) is 0 Å². The molecule has 1 fully saturated rings. The SMILES string of the molecule is CC(C)(C)c1ncc(OC2CCCCNC2)cn1. The quantitative estimate of drug-likeness (QED) is 0.873. The molecule has 2 heterocycles. The van der Waals surface area contributed by atoms with Gasteiger partial charge < -0.3 is 10.1 Å². The molecule has 0 aromatic carbocycles. The fraction of sp³-hybridized carbons (Fsp3) is 0.714. The van der Waals surface area contributed by atoms with Gasteiger partial charge in [0.25, 0.3) is 0 Å². The van der Waals surface area contributed by atoms with Crippen molar-refractivity contribution in [3.63, 3.8) is 0 Å². The average Bonchev–Trinajstić information content (AvgIpc) is 2.57. The van der Waals surface area contributed by atoms with Crippen molar-refractivity contribution < 1.29 is 4.74 Å². The maximum Gasteiger partial charge on any atom is 0.156 e. The zero-order valence-electron chi connectivity index (χ0n) is 11.6. The second-order valence-corrected chi connectivity index (χ2v) is 5.93. The summed E-state index contributed by atoms with van der Waals surface area (Å²) >= 11 is 0. The molecule has 1 saturated heterocycles. The third-order valence-electron chi connectivity index (χ3n) is 3.10. The Kier molecular flexibility index (Phi) is 4.17. The molecule has 0 radical (unpaired) electrons. The summed E-state index contributed by atoms with van der Waals surface area (Å²) in [6.45, 7) is 8.34. The van der Waals surface area contributed by atoms with Gasteiger partial charge in [-0.05, 0) is 25.8 Å². The Morgan fingerprint density at radius 1 is 1.22 bits per heavy atom. The minimum Gasteiger partial charge on any atom is -0.486 e. The number of nitrogens with one attached hydrogen (secondary N) is 1. The van der Waals surface area contributed by atoms with E-state index in [4.69, 9.17) is 4.74 Å². The van der Waals surface area contributed by atoms with Crippen LogP contribution in [0.5, 0.6) is 5.75 Å². The highest BCUT2D eigenvalue weighted by atomic mass is 16.5. The zero-order chi connectivity index (χ0) is 13.0. The van der Waals surface area contributed by atoms with Crippen molar-refractivity contribution >= 4 is 0 Å². The lowest BCUT2D eigenvalue weighted by atomic mass is 9.96. The van der Waals surface area contributed by atoms with Crippen LogP contribution in [0.1, 0.15) is 45.9 Å². The first-order valence-electron chi connectivity index (χ1n) is 6.75. The highest BCUT2D eigenvalue weighted by molar-refractivity contribution is 5.15. The van der Waals surface area contributed by atoms with Crippen molar-refractivity contribution in [1.29, 1.82) is 0 Å². The van der Waals surface area contributed by atoms with Crippen LogP contribution in [-0.4, -0.2) is 29.2 Å². The molecule has 4 nitrogen and oxygen atoms in total. The van der Waals surface area contributed by atoms with Crippen LogP contribution in [0, 0.1) is 0 Å². The van der Waals surface area contributed by atoms with Crippen molar-refractivity contribution in [2.45, 2.75) is 51.6 Å². The molecule has 0 bridgehead atoms. The molecule has 0 spiro atoms. The van der Waals surface area contributed by atoms with Crippen LogP contribution < -0.4 is 10.1 Å². The van der Waals surface area contributed by atoms with E-state index in [-0.39, 0.29) is 11.5 Å². The van der Waals surface area contributed by atoms with E-state index >= 15 is 0 Å². The van der Waals surface area contributed by atoms with Gasteiger partial charge in [0.15, 0.2) is 5.75 Å². The molecule has 0 saturated carbocycles. The van der Waals surface area contributed by atoms with Gasteiger partial charge in [-0.15, -0.1) is 0 Å². The normalized spacial score (nSPS) is 21.4. The monoisotopic (exact) mass is 249 g/mol. The van der Waals surface area contributed by atoms with Gasteiger partial charge in [0.05, 0.1) is 12.4 Å². The van der Waals surface area contributed by atoms with Crippen LogP contribution in [-0.2, 0) is 5.41 Å². The fourth-order valence-corrected chi connectivity index (χ4v) is 2.04. The van der Waals surface area contributed by atoms with Crippen molar-refractivity contribution in [1.82, 2.24) is 15.3 Å². The number of nitrogens with zero attached hydrogens (tertiary/aromatic N) is 2. The van der Waals surface area contributed by atoms with Gasteiger partial charge in [-0.25, -0.2) is 9.97 Å². The Morgan fingerprint density at radius 2 is 1.94 bits per heavy atom. The van der Waals surface area contributed by atoms with E-state index in [2.05, 4.69) is 36.1 Å². The summed E-state index contributed by atoms with van der Waals surface area (Å²) in [6.07, 6.45) is 7.39. The van der Waals surface area contributed by atoms with Crippen molar-refractivity contribution in [3.8, 4) is 5.75 Å². The molecule has 1 aromatic heterocycles. The minimum atomic E-state index is -0.0115. The maximum absolute atomic E-state index is 5.92. The number of hydrogen-bond acceptors (Lipinski definition) is 4. The third kappa shape index (κ3) is 3.67. The molecule has 0 amide bonds. The molecule has 1 atom stereocenters. The Labute approximate surface area is 109 Å². The van der Waals surface area contributed by atoms with Gasteiger partial charge in [-0.3, -0.25) is 0 Å². The third-order valence-corrected chi connectivity index (χ3v) is 3.10. The first-order valence-corrected chi connectivity index (χ1v) is 6.75. The number of ether oxygens (including phenoxy) is 1. The molecule has 1 N–H and O–H groups in total. The number of aromatic nitrogens is 2. The summed E-state index contributed by atoms with van der Waals surface area (Å²) in [5.41, 5.74) is -0.0115. The molecule has 1 unspecified atom stereocenters. The molecule has 2 rings (SSSR count). The van der Waals surface area contributed by atoms with E-state index in [1.807, 2.05) is 0 Å². The topological polar surface area (TPSA) is 47.0 Å². The zero-order valence-corrected chi connectivity index (χ0v) is 11.6. The van der Waals surface area contributed by atoms with Crippen molar-refractivity contribution in [2.24, 2.45) is 0 Å². The lowest BCUT2D eigenvalue weighted by Gasteiger charge is -2.19. The van der Waals surface area contributed by atoms with E-state index in [9.17, 15) is 0 Å². The second-order valence-electron chi connectivity index (χ2n) is 5.93. The van der Waals surface area contributed by atoms with Crippen LogP contribution in [0.4, 0.5) is 0 Å². The van der Waals surface area contributed by atoms with Gasteiger partial charge in [-0.2, -0.15) is 0 Å². The Morgan fingerprint density at radius 3 is 2.61 bits per heavy atom. The van der Waals surface area contributed by atoms with Gasteiger partial charge in [0.1, 0.15) is 11.9 Å². The number of hydrogen-bond donors (Lipinski definition) is 1. The number of rotatable bonds is 2. The summed E-state index contributed by atoms with van der Waals surface area (Å²) in [5.74, 6) is 1.63. The summed E-state index contributed by atoms with van der Waals surface area (Å²) < 4.78 is 5.92. The molecule has 4 heteroatoms. The molecule has 1 aromatic rings. The van der Waals surface area contributed by atoms with E-state index in [0.717, 1.165) is 31.1 Å². The fourth-order valence-electron chi connectivity index (χ4n) is 2.04. The van der Waals surface area contributed by atoms with Gasteiger partial charge >= 0.3 is 0 Å². The van der Waals surface area contributed by atoms with Crippen LogP contribution in [0.2, 0.25) is 0 Å². The minimum absolute atomic E-state index is 0.0115. The standard InChI is InChI=1S/C14H23N3O/c1-14(2,3)13-16-9-12(10-17-13)18-11-6-4-5-7-15-8-11/h9-11,15H,4-8H2,1-3H3. The van der Waals surface area contributed by atoms with E-state index in [1.54, 1.807) is 12.4 Å². The summed E-state index contributed by atoms with van der Waals surface area (Å²) in [5, 5.41) is 3.39. The van der Waals surface area contributed by atoms with E-state index in [0.29, 0.717) is 0 Å². The first kappa shape index (κ1) is 13.3. The smallest absolute Gasteiger partial charge is 0.156 e. The molecular formula is C14H23N3O. The van der Waals surface area contributed by atoms with Crippen LogP contribution in [0.25, 0.3) is 0 Å². The molecule has 100 valence electrons. The second kappa shape index (κ2) is 5.65. The molecule has 1 aliphatic rings. The maximum atomic E-state index is 5.92. The first-order chi connectivity index (χ1) is 8.55. The Bertz CT molecular complexity index is 362. The highest BCUT2D eigenvalue weighted by Gasteiger charge is 2.18. The van der Waals surface area contributed by atoms with Gasteiger partial charge in [0, 0.05) is 12.0 Å². The lowest BCUT2D eigenvalue weighted by molar-refractivity contribution is 0.192. The van der Waals surface area contributed by atoms with E-state index < -0.39 is 0 Å². The highest BCUT2D eigenvalue weighted by Crippen LogP contribution is 2.20. The molecule has 1 aliphatic heterocycles. The summed E-state index contributed by atoms with van der Waals surface area (Å²) in [6, 6.07) is 0. The Hall–Kier alpha value is -1.16. The summed E-state index contributed by atoms with van der Waals surface area (Å²) in [7, 11) is 0. The lowest BCUT2D eigenvalue weighted by Crippen LogP contribution is -2.29. The molecular weight excluding hydrogens is 226 g/mol. The predicted molar refractivity (Wildman–Crippen MR) is 71.9 cm³/mol. The largest absolute Gasteiger partial charge is 0.486 e. The molecule has 0 aliphatic carbocycles. The van der Waals surface area contributed by atoms with E-state index in [1.165, 1.54) is 12.8 Å². The van der Waals surface area contributed by atoms with Crippen LogP contribution in [0.15, 0.2) is 12.4 Å². The predicted octanol–water partition coefficient (Wildman–Crippen LogP) is 2.29. The molecule has 18 heavy (non-hydrogen) atoms. The summed E-state index contributed by atoms with van der Waals surface area (Å²) in [4.78, 5) is 8.76.